The van der Waals surface area contributed by atoms with Crippen LogP contribution in [0.25, 0.3) is 0 Å². The van der Waals surface area contributed by atoms with Gasteiger partial charge in [0.2, 0.25) is 0 Å². The molecule has 29 heavy (non-hydrogen) atoms. The predicted octanol–water partition coefficient (Wildman–Crippen LogP) is 3.69. The fraction of sp³-hybridized carbons (Fsp3) is 0.636. The van der Waals surface area contributed by atoms with Crippen molar-refractivity contribution >= 4 is 35.8 Å². The third-order valence-corrected chi connectivity index (χ3v) is 4.23. The normalized spacial score (nSPS) is 12.7. The Hall–Kier alpha value is -1.35. The quantitative estimate of drug-likeness (QED) is 0.216. The van der Waals surface area contributed by atoms with Crippen LogP contribution in [-0.2, 0) is 6.54 Å². The largest absolute Gasteiger partial charge is 0.396 e. The Labute approximate surface area is 193 Å². The molecule has 0 saturated heterocycles. The van der Waals surface area contributed by atoms with Crippen molar-refractivity contribution < 1.29 is 9.90 Å². The minimum Gasteiger partial charge on any atom is -0.396 e. The monoisotopic (exact) mass is 518 g/mol. The second kappa shape index (κ2) is 14.6. The number of hydrogen-bond donors (Lipinski definition) is 4. The molecule has 1 unspecified atom stereocenters. The molecule has 0 bridgehead atoms. The molecule has 0 spiro atoms. The number of guanidine groups is 1. The maximum absolute atomic E-state index is 12.4. The summed E-state index contributed by atoms with van der Waals surface area (Å²) in [5, 5.41) is 18.8. The molecule has 0 saturated carbocycles. The number of rotatable bonds is 10. The van der Waals surface area contributed by atoms with E-state index in [4.69, 9.17) is 0 Å². The van der Waals surface area contributed by atoms with E-state index in [0.29, 0.717) is 18.0 Å². The summed E-state index contributed by atoms with van der Waals surface area (Å²) in [7, 11) is 0. The van der Waals surface area contributed by atoms with Crippen molar-refractivity contribution in [3.05, 3.63) is 35.4 Å². The topological polar surface area (TPSA) is 85.8 Å². The Bertz CT molecular complexity index is 623. The summed E-state index contributed by atoms with van der Waals surface area (Å²) in [6.45, 7) is 12.4. The van der Waals surface area contributed by atoms with Crippen molar-refractivity contribution in [2.75, 3.05) is 19.7 Å². The highest BCUT2D eigenvalue weighted by atomic mass is 127. The van der Waals surface area contributed by atoms with Gasteiger partial charge in [0, 0.05) is 30.8 Å². The van der Waals surface area contributed by atoms with Crippen LogP contribution in [0.1, 0.15) is 69.8 Å². The number of nitrogens with one attached hydrogen (secondary N) is 3. The summed E-state index contributed by atoms with van der Waals surface area (Å²) in [4.78, 5) is 17.0. The molecule has 7 heteroatoms. The predicted molar refractivity (Wildman–Crippen MR) is 132 cm³/mol. The van der Waals surface area contributed by atoms with Crippen LogP contribution in [0.5, 0.6) is 0 Å². The minimum absolute atomic E-state index is 0. The third-order valence-electron chi connectivity index (χ3n) is 4.23. The van der Waals surface area contributed by atoms with Crippen LogP contribution in [-0.4, -0.2) is 42.2 Å². The molecule has 1 amide bonds. The molecular formula is C22H39IN4O2. The van der Waals surface area contributed by atoms with Gasteiger partial charge in [-0.25, -0.2) is 4.99 Å². The lowest BCUT2D eigenvalue weighted by Gasteiger charge is -2.20. The minimum atomic E-state index is -0.267. The molecule has 1 atom stereocenters. The van der Waals surface area contributed by atoms with Gasteiger partial charge in [0.25, 0.3) is 5.91 Å². The highest BCUT2D eigenvalue weighted by molar-refractivity contribution is 14.0. The summed E-state index contributed by atoms with van der Waals surface area (Å²) in [6.07, 6.45) is 2.98. The van der Waals surface area contributed by atoms with E-state index in [1.165, 1.54) is 0 Å². The first kappa shape index (κ1) is 27.6. The van der Waals surface area contributed by atoms with Gasteiger partial charge >= 0.3 is 0 Å². The molecule has 4 N–H and O–H groups in total. The molecule has 0 fully saturated rings. The standard InChI is InChI=1S/C22H38N4O2.HI/c1-6-9-17(12-13-27)15-24-21(23-7-2)25-16-18-10-8-11-19(14-18)20(28)26-22(3,4)5;/h8,10-11,14,17,27H,6-7,9,12-13,15-16H2,1-5H3,(H,26,28)(H2,23,24,25);1H. The number of aliphatic hydroxyl groups is 1. The molecule has 6 nitrogen and oxygen atoms in total. The van der Waals surface area contributed by atoms with Gasteiger partial charge < -0.3 is 21.1 Å². The number of carbonyl (C=O) groups excluding carboxylic acids is 1. The third kappa shape index (κ3) is 12.1. The molecule has 1 aromatic rings. The first-order valence-electron chi connectivity index (χ1n) is 10.3. The Balaban J connectivity index is 0.00000784. The van der Waals surface area contributed by atoms with Crippen LogP contribution < -0.4 is 16.0 Å². The second-order valence-corrected chi connectivity index (χ2v) is 8.15. The number of hydrogen-bond acceptors (Lipinski definition) is 3. The summed E-state index contributed by atoms with van der Waals surface area (Å²) in [6, 6.07) is 7.58. The lowest BCUT2D eigenvalue weighted by molar-refractivity contribution is 0.0919. The summed E-state index contributed by atoms with van der Waals surface area (Å²) < 4.78 is 0. The van der Waals surface area contributed by atoms with E-state index >= 15 is 0 Å². The van der Waals surface area contributed by atoms with Crippen molar-refractivity contribution in [3.63, 3.8) is 0 Å². The van der Waals surface area contributed by atoms with E-state index in [1.807, 2.05) is 52.0 Å². The number of aliphatic hydroxyl groups excluding tert-OH is 1. The van der Waals surface area contributed by atoms with Gasteiger partial charge in [0.1, 0.15) is 0 Å². The molecule has 0 aliphatic carbocycles. The Morgan fingerprint density at radius 1 is 1.17 bits per heavy atom. The lowest BCUT2D eigenvalue weighted by atomic mass is 10.0. The van der Waals surface area contributed by atoms with Gasteiger partial charge in [-0.3, -0.25) is 4.79 Å². The smallest absolute Gasteiger partial charge is 0.251 e. The summed E-state index contributed by atoms with van der Waals surface area (Å²) >= 11 is 0. The fourth-order valence-corrected chi connectivity index (χ4v) is 2.92. The number of halogens is 1. The second-order valence-electron chi connectivity index (χ2n) is 8.15. The van der Waals surface area contributed by atoms with Crippen LogP contribution in [0, 0.1) is 5.92 Å². The molecule has 0 aliphatic heterocycles. The zero-order chi connectivity index (χ0) is 21.0. The van der Waals surface area contributed by atoms with Gasteiger partial charge in [-0.2, -0.15) is 0 Å². The van der Waals surface area contributed by atoms with Crippen molar-refractivity contribution in [1.29, 1.82) is 0 Å². The SMILES string of the molecule is CCCC(CCO)CNC(=NCc1cccc(C(=O)NC(C)(C)C)c1)NCC.I. The number of nitrogens with zero attached hydrogens (tertiary/aromatic N) is 1. The van der Waals surface area contributed by atoms with Crippen molar-refractivity contribution in [2.45, 2.75) is 66.0 Å². The molecule has 0 aliphatic rings. The van der Waals surface area contributed by atoms with Crippen LogP contribution in [0.2, 0.25) is 0 Å². The molecule has 0 heterocycles. The average molecular weight is 518 g/mol. The Morgan fingerprint density at radius 2 is 1.90 bits per heavy atom. The fourth-order valence-electron chi connectivity index (χ4n) is 2.92. The molecule has 1 aromatic carbocycles. The first-order valence-corrected chi connectivity index (χ1v) is 10.3. The van der Waals surface area contributed by atoms with Gasteiger partial charge in [-0.1, -0.05) is 25.5 Å². The molecule has 1 rings (SSSR count). The van der Waals surface area contributed by atoms with Crippen LogP contribution in [0.4, 0.5) is 0 Å². The highest BCUT2D eigenvalue weighted by Crippen LogP contribution is 2.10. The Kier molecular flexibility index (Phi) is 13.9. The van der Waals surface area contributed by atoms with Crippen LogP contribution in [0.15, 0.2) is 29.3 Å². The lowest BCUT2D eigenvalue weighted by Crippen LogP contribution is -2.40. The summed E-state index contributed by atoms with van der Waals surface area (Å²) in [5.41, 5.74) is 1.36. The number of benzene rings is 1. The molecule has 0 aromatic heterocycles. The van der Waals surface area contributed by atoms with E-state index in [1.54, 1.807) is 0 Å². The zero-order valence-electron chi connectivity index (χ0n) is 18.5. The average Bonchev–Trinajstić information content (AvgIpc) is 2.63. The van der Waals surface area contributed by atoms with E-state index < -0.39 is 0 Å². The van der Waals surface area contributed by atoms with Crippen molar-refractivity contribution in [1.82, 2.24) is 16.0 Å². The highest BCUT2D eigenvalue weighted by Gasteiger charge is 2.15. The van der Waals surface area contributed by atoms with Gasteiger partial charge in [0.05, 0.1) is 6.54 Å². The van der Waals surface area contributed by atoms with Crippen LogP contribution in [0.3, 0.4) is 0 Å². The summed E-state index contributed by atoms with van der Waals surface area (Å²) in [5.74, 6) is 1.11. The number of amides is 1. The van der Waals surface area contributed by atoms with Gasteiger partial charge in [0.15, 0.2) is 5.96 Å². The molecule has 166 valence electrons. The van der Waals surface area contributed by atoms with E-state index in [-0.39, 0.29) is 42.0 Å². The molecule has 0 radical (unpaired) electrons. The zero-order valence-corrected chi connectivity index (χ0v) is 20.9. The molecular weight excluding hydrogens is 479 g/mol. The Morgan fingerprint density at radius 3 is 2.48 bits per heavy atom. The number of carbonyl (C=O) groups is 1. The number of aliphatic imine (C=N–C) groups is 1. The van der Waals surface area contributed by atoms with Crippen molar-refractivity contribution in [2.24, 2.45) is 10.9 Å². The van der Waals surface area contributed by atoms with Crippen molar-refractivity contribution in [3.8, 4) is 0 Å². The van der Waals surface area contributed by atoms with Gasteiger partial charge in [-0.15, -0.1) is 24.0 Å². The van der Waals surface area contributed by atoms with E-state index in [9.17, 15) is 9.90 Å². The van der Waals surface area contributed by atoms with Crippen LogP contribution >= 0.6 is 24.0 Å². The maximum atomic E-state index is 12.4. The van der Waals surface area contributed by atoms with Gasteiger partial charge in [-0.05, 0) is 64.2 Å². The maximum Gasteiger partial charge on any atom is 0.251 e. The first-order chi connectivity index (χ1) is 13.3. The van der Waals surface area contributed by atoms with E-state index in [2.05, 4.69) is 27.9 Å². The van der Waals surface area contributed by atoms with E-state index in [0.717, 1.165) is 43.9 Å².